The van der Waals surface area contributed by atoms with Gasteiger partial charge in [-0.1, -0.05) is 42.5 Å². The highest BCUT2D eigenvalue weighted by Crippen LogP contribution is 2.38. The number of para-hydroxylation sites is 1. The van der Waals surface area contributed by atoms with Crippen LogP contribution in [0.1, 0.15) is 48.0 Å². The van der Waals surface area contributed by atoms with E-state index in [1.54, 1.807) is 19.2 Å². The number of ether oxygens (including phenoxy) is 2. The number of benzene rings is 3. The SMILES string of the molecule is COc1cccc2c(C(=O)c3ccccc3)cn(CCCN3C4CCC3CC(Oc3ccc(F)cc3)C4)c12. The molecular formula is C32H33FN2O3. The van der Waals surface area contributed by atoms with Crippen LogP contribution in [0.4, 0.5) is 4.39 Å². The molecule has 2 unspecified atom stereocenters. The van der Waals surface area contributed by atoms with Crippen LogP contribution in [-0.2, 0) is 6.54 Å². The topological polar surface area (TPSA) is 43.7 Å². The van der Waals surface area contributed by atoms with Gasteiger partial charge >= 0.3 is 0 Å². The van der Waals surface area contributed by atoms with Crippen LogP contribution < -0.4 is 9.47 Å². The molecule has 6 rings (SSSR count). The fourth-order valence-corrected chi connectivity index (χ4v) is 6.41. The van der Waals surface area contributed by atoms with Crippen LogP contribution in [-0.4, -0.2) is 47.1 Å². The van der Waals surface area contributed by atoms with Gasteiger partial charge in [-0.3, -0.25) is 9.69 Å². The van der Waals surface area contributed by atoms with E-state index in [-0.39, 0.29) is 17.7 Å². The monoisotopic (exact) mass is 512 g/mol. The molecule has 0 radical (unpaired) electrons. The van der Waals surface area contributed by atoms with Crippen LogP contribution in [0, 0.1) is 5.82 Å². The first-order valence-electron chi connectivity index (χ1n) is 13.5. The van der Waals surface area contributed by atoms with Crippen molar-refractivity contribution in [3.63, 3.8) is 0 Å². The molecule has 2 atom stereocenters. The third kappa shape index (κ3) is 4.81. The van der Waals surface area contributed by atoms with Crippen molar-refractivity contribution in [1.82, 2.24) is 9.47 Å². The van der Waals surface area contributed by atoms with E-state index < -0.39 is 0 Å². The van der Waals surface area contributed by atoms with Gasteiger partial charge in [-0.15, -0.1) is 0 Å². The number of carbonyl (C=O) groups excluding carboxylic acids is 1. The molecule has 3 aromatic carbocycles. The largest absolute Gasteiger partial charge is 0.495 e. The van der Waals surface area contributed by atoms with Gasteiger partial charge in [-0.2, -0.15) is 0 Å². The molecule has 38 heavy (non-hydrogen) atoms. The normalized spacial score (nSPS) is 21.1. The number of fused-ring (bicyclic) bond motifs is 3. The Morgan fingerprint density at radius 1 is 0.921 bits per heavy atom. The van der Waals surface area contributed by atoms with Gasteiger partial charge in [-0.25, -0.2) is 4.39 Å². The molecule has 2 saturated heterocycles. The Morgan fingerprint density at radius 2 is 1.66 bits per heavy atom. The average Bonchev–Trinajstić information content (AvgIpc) is 3.43. The molecule has 3 heterocycles. The third-order valence-corrected chi connectivity index (χ3v) is 8.13. The lowest BCUT2D eigenvalue weighted by Gasteiger charge is -2.39. The fourth-order valence-electron chi connectivity index (χ4n) is 6.41. The summed E-state index contributed by atoms with van der Waals surface area (Å²) in [6.45, 7) is 1.82. The third-order valence-electron chi connectivity index (χ3n) is 8.13. The number of hydrogen-bond donors (Lipinski definition) is 0. The molecule has 5 nitrogen and oxygen atoms in total. The number of aryl methyl sites for hydroxylation is 1. The highest BCUT2D eigenvalue weighted by Gasteiger charge is 2.41. The summed E-state index contributed by atoms with van der Waals surface area (Å²) in [5.41, 5.74) is 2.38. The molecule has 6 heteroatoms. The smallest absolute Gasteiger partial charge is 0.195 e. The van der Waals surface area contributed by atoms with Crippen molar-refractivity contribution in [3.8, 4) is 11.5 Å². The van der Waals surface area contributed by atoms with Crippen LogP contribution in [0.25, 0.3) is 10.9 Å². The van der Waals surface area contributed by atoms with E-state index in [2.05, 4.69) is 9.47 Å². The number of ketones is 1. The summed E-state index contributed by atoms with van der Waals surface area (Å²) in [4.78, 5) is 16.0. The Kier molecular flexibility index (Phi) is 6.90. The van der Waals surface area contributed by atoms with E-state index in [1.165, 1.54) is 25.0 Å². The highest BCUT2D eigenvalue weighted by atomic mass is 19.1. The van der Waals surface area contributed by atoms with Crippen molar-refractivity contribution in [3.05, 3.63) is 95.9 Å². The zero-order chi connectivity index (χ0) is 26.1. The maximum absolute atomic E-state index is 13.4. The quantitative estimate of drug-likeness (QED) is 0.241. The molecule has 0 saturated carbocycles. The number of piperidine rings is 1. The second kappa shape index (κ2) is 10.6. The minimum absolute atomic E-state index is 0.0314. The molecule has 0 amide bonds. The lowest BCUT2D eigenvalue weighted by molar-refractivity contribution is 0.0481. The van der Waals surface area contributed by atoms with Crippen molar-refractivity contribution in [2.24, 2.45) is 0 Å². The molecule has 1 aromatic heterocycles. The highest BCUT2D eigenvalue weighted by molar-refractivity contribution is 6.17. The molecular weight excluding hydrogens is 479 g/mol. The van der Waals surface area contributed by atoms with Gasteiger partial charge in [0.25, 0.3) is 0 Å². The first kappa shape index (κ1) is 24.7. The van der Waals surface area contributed by atoms with Crippen molar-refractivity contribution < 1.29 is 18.7 Å². The van der Waals surface area contributed by atoms with Gasteiger partial charge in [0.2, 0.25) is 0 Å². The maximum atomic E-state index is 13.4. The number of aromatic nitrogens is 1. The Balaban J connectivity index is 1.15. The second-order valence-corrected chi connectivity index (χ2v) is 10.4. The summed E-state index contributed by atoms with van der Waals surface area (Å²) < 4.78 is 27.3. The van der Waals surface area contributed by atoms with E-state index in [4.69, 9.17) is 9.47 Å². The molecule has 2 bridgehead atoms. The molecule has 4 aromatic rings. The van der Waals surface area contributed by atoms with Crippen LogP contribution in [0.15, 0.2) is 79.0 Å². The Labute approximate surface area is 222 Å². The standard InChI is InChI=1S/C32H33FN2O3/c1-37-30-10-5-9-28-29(32(36)22-7-3-2-4-8-22)21-34(31(28)30)17-6-18-35-24-13-14-25(35)20-27(19-24)38-26-15-11-23(33)12-16-26/h2-5,7-12,15-16,21,24-25,27H,6,13-14,17-20H2,1H3. The van der Waals surface area contributed by atoms with Gasteiger partial charge < -0.3 is 14.0 Å². The Hall–Kier alpha value is -3.64. The van der Waals surface area contributed by atoms with Gasteiger partial charge in [0, 0.05) is 47.9 Å². The van der Waals surface area contributed by atoms with Crippen molar-refractivity contribution in [1.29, 1.82) is 0 Å². The zero-order valence-corrected chi connectivity index (χ0v) is 21.7. The van der Waals surface area contributed by atoms with E-state index >= 15 is 0 Å². The molecule has 2 fully saturated rings. The predicted octanol–water partition coefficient (Wildman–Crippen LogP) is 6.48. The summed E-state index contributed by atoms with van der Waals surface area (Å²) in [5.74, 6) is 1.33. The summed E-state index contributed by atoms with van der Waals surface area (Å²) in [6, 6.07) is 22.8. The van der Waals surface area contributed by atoms with Crippen molar-refractivity contribution >= 4 is 16.7 Å². The fraction of sp³-hybridized carbons (Fsp3) is 0.344. The molecule has 2 aliphatic heterocycles. The summed E-state index contributed by atoms with van der Waals surface area (Å²) in [6.07, 6.45) is 7.57. The molecule has 196 valence electrons. The van der Waals surface area contributed by atoms with Crippen molar-refractivity contribution in [2.45, 2.75) is 56.8 Å². The number of methoxy groups -OCH3 is 1. The zero-order valence-electron chi connectivity index (χ0n) is 21.7. The first-order chi connectivity index (χ1) is 18.6. The molecule has 0 spiro atoms. The van der Waals surface area contributed by atoms with Gasteiger partial charge in [0.15, 0.2) is 5.78 Å². The molecule has 2 aliphatic rings. The van der Waals surface area contributed by atoms with E-state index in [0.717, 1.165) is 54.8 Å². The minimum atomic E-state index is -0.239. The minimum Gasteiger partial charge on any atom is -0.495 e. The summed E-state index contributed by atoms with van der Waals surface area (Å²) in [5, 5.41) is 0.928. The number of nitrogens with zero attached hydrogens (tertiary/aromatic N) is 2. The van der Waals surface area contributed by atoms with E-state index in [1.807, 2.05) is 54.7 Å². The van der Waals surface area contributed by atoms with E-state index in [0.29, 0.717) is 23.2 Å². The van der Waals surface area contributed by atoms with Crippen LogP contribution in [0.3, 0.4) is 0 Å². The Morgan fingerprint density at radius 3 is 2.37 bits per heavy atom. The Bertz CT molecular complexity index is 1400. The summed E-state index contributed by atoms with van der Waals surface area (Å²) in [7, 11) is 1.68. The number of hydrogen-bond acceptors (Lipinski definition) is 4. The maximum Gasteiger partial charge on any atom is 0.195 e. The molecule has 0 aliphatic carbocycles. The van der Waals surface area contributed by atoms with E-state index in [9.17, 15) is 9.18 Å². The number of carbonyl (C=O) groups is 1. The van der Waals surface area contributed by atoms with Gasteiger partial charge in [0.05, 0.1) is 12.6 Å². The second-order valence-electron chi connectivity index (χ2n) is 10.4. The lowest BCUT2D eigenvalue weighted by atomic mass is 9.99. The first-order valence-corrected chi connectivity index (χ1v) is 13.5. The summed E-state index contributed by atoms with van der Waals surface area (Å²) >= 11 is 0. The average molecular weight is 513 g/mol. The van der Waals surface area contributed by atoms with Crippen LogP contribution in [0.5, 0.6) is 11.5 Å². The number of rotatable bonds is 9. The van der Waals surface area contributed by atoms with Crippen LogP contribution >= 0.6 is 0 Å². The van der Waals surface area contributed by atoms with Gasteiger partial charge in [0.1, 0.15) is 23.4 Å². The van der Waals surface area contributed by atoms with Crippen LogP contribution in [0.2, 0.25) is 0 Å². The lowest BCUT2D eigenvalue weighted by Crippen LogP contribution is -2.46. The predicted molar refractivity (Wildman–Crippen MR) is 147 cm³/mol. The van der Waals surface area contributed by atoms with Crippen molar-refractivity contribution in [2.75, 3.05) is 13.7 Å². The van der Waals surface area contributed by atoms with Gasteiger partial charge in [-0.05, 0) is 62.4 Å². The molecule has 0 N–H and O–H groups in total. The number of halogens is 1.